The second-order valence-electron chi connectivity index (χ2n) is 4.38. The van der Waals surface area contributed by atoms with Crippen LogP contribution >= 0.6 is 0 Å². The molecule has 0 unspecified atom stereocenters. The Hall–Kier alpha value is -0.860. The van der Waals surface area contributed by atoms with E-state index in [-0.39, 0.29) is 18.1 Å². The number of Topliss-reactive ketones (excluding diaryl/α,β-unsaturated/α-hetero) is 1. The fourth-order valence-corrected chi connectivity index (χ4v) is 0.724. The van der Waals surface area contributed by atoms with Gasteiger partial charge < -0.3 is 4.74 Å². The molecule has 0 bridgehead atoms. The second-order valence-corrected chi connectivity index (χ2v) is 4.38. The van der Waals surface area contributed by atoms with E-state index in [1.165, 1.54) is 0 Å². The van der Waals surface area contributed by atoms with Gasteiger partial charge in [-0.25, -0.2) is 0 Å². The zero-order chi connectivity index (χ0) is 10.6. The number of carbonyl (C=O) groups excluding carboxylic acids is 2. The van der Waals surface area contributed by atoms with Crippen LogP contribution < -0.4 is 0 Å². The third-order valence-electron chi connectivity index (χ3n) is 1.38. The Morgan fingerprint density at radius 2 is 1.69 bits per heavy atom. The minimum Gasteiger partial charge on any atom is -0.460 e. The highest BCUT2D eigenvalue weighted by Gasteiger charge is 2.19. The maximum Gasteiger partial charge on any atom is 0.313 e. The van der Waals surface area contributed by atoms with Crippen LogP contribution in [0.25, 0.3) is 0 Å². The van der Waals surface area contributed by atoms with E-state index in [0.29, 0.717) is 0 Å². The summed E-state index contributed by atoms with van der Waals surface area (Å²) < 4.78 is 5.00. The lowest BCUT2D eigenvalue weighted by atomic mass is 10.1. The monoisotopic (exact) mass is 186 g/mol. The fraction of sp³-hybridized carbons (Fsp3) is 0.800. The van der Waals surface area contributed by atoms with Gasteiger partial charge in [0, 0.05) is 5.92 Å². The fourth-order valence-electron chi connectivity index (χ4n) is 0.724. The average Bonchev–Trinajstić information content (AvgIpc) is 1.81. The lowest BCUT2D eigenvalue weighted by Crippen LogP contribution is -2.26. The largest absolute Gasteiger partial charge is 0.460 e. The summed E-state index contributed by atoms with van der Waals surface area (Å²) in [5.41, 5.74) is -0.506. The van der Waals surface area contributed by atoms with Crippen LogP contribution in [0.3, 0.4) is 0 Å². The Morgan fingerprint density at radius 3 is 2.00 bits per heavy atom. The minimum atomic E-state index is -0.506. The van der Waals surface area contributed by atoms with E-state index in [1.54, 1.807) is 34.6 Å². The van der Waals surface area contributed by atoms with Crippen LogP contribution in [0.2, 0.25) is 0 Å². The van der Waals surface area contributed by atoms with Crippen molar-refractivity contribution < 1.29 is 14.3 Å². The van der Waals surface area contributed by atoms with Gasteiger partial charge in [0.1, 0.15) is 17.8 Å². The van der Waals surface area contributed by atoms with Gasteiger partial charge in [0.15, 0.2) is 0 Å². The molecule has 0 fully saturated rings. The molecule has 3 nitrogen and oxygen atoms in total. The molecular weight excluding hydrogens is 168 g/mol. The number of ether oxygens (including phenoxy) is 1. The van der Waals surface area contributed by atoms with Crippen molar-refractivity contribution in [2.24, 2.45) is 5.92 Å². The van der Waals surface area contributed by atoms with Crippen LogP contribution in [-0.4, -0.2) is 17.4 Å². The number of carbonyl (C=O) groups is 2. The van der Waals surface area contributed by atoms with Crippen LogP contribution in [0.4, 0.5) is 0 Å². The second kappa shape index (κ2) is 4.40. The lowest BCUT2D eigenvalue weighted by Gasteiger charge is -2.19. The number of hydrogen-bond acceptors (Lipinski definition) is 3. The van der Waals surface area contributed by atoms with Gasteiger partial charge in [0.05, 0.1) is 0 Å². The molecule has 0 aliphatic carbocycles. The number of rotatable bonds is 3. The van der Waals surface area contributed by atoms with Crippen molar-refractivity contribution in [1.29, 1.82) is 0 Å². The topological polar surface area (TPSA) is 43.4 Å². The van der Waals surface area contributed by atoms with Gasteiger partial charge in [-0.05, 0) is 20.8 Å². The summed E-state index contributed by atoms with van der Waals surface area (Å²) in [7, 11) is 0. The van der Waals surface area contributed by atoms with Crippen molar-refractivity contribution in [3.63, 3.8) is 0 Å². The Labute approximate surface area is 79.5 Å². The van der Waals surface area contributed by atoms with Gasteiger partial charge in [0.25, 0.3) is 0 Å². The predicted molar refractivity (Wildman–Crippen MR) is 50.3 cm³/mol. The highest BCUT2D eigenvalue weighted by molar-refractivity contribution is 5.96. The summed E-state index contributed by atoms with van der Waals surface area (Å²) in [5, 5.41) is 0. The molecule has 0 rings (SSSR count). The number of ketones is 1. The van der Waals surface area contributed by atoms with E-state index in [0.717, 1.165) is 0 Å². The molecule has 0 aromatic heterocycles. The highest BCUT2D eigenvalue weighted by Crippen LogP contribution is 2.09. The van der Waals surface area contributed by atoms with Crippen LogP contribution in [-0.2, 0) is 14.3 Å². The molecule has 0 aromatic carbocycles. The molecule has 0 aliphatic heterocycles. The van der Waals surface area contributed by atoms with E-state index in [1.807, 2.05) is 0 Å². The van der Waals surface area contributed by atoms with Crippen molar-refractivity contribution in [3.05, 3.63) is 0 Å². The van der Waals surface area contributed by atoms with Crippen molar-refractivity contribution in [2.75, 3.05) is 0 Å². The first-order valence-electron chi connectivity index (χ1n) is 4.47. The van der Waals surface area contributed by atoms with Crippen LogP contribution in [0.15, 0.2) is 0 Å². The first-order chi connectivity index (χ1) is 5.72. The summed E-state index contributed by atoms with van der Waals surface area (Å²) in [6.07, 6.45) is -0.116. The van der Waals surface area contributed by atoms with E-state index >= 15 is 0 Å². The molecule has 0 saturated carbocycles. The quantitative estimate of drug-likeness (QED) is 0.499. The summed E-state index contributed by atoms with van der Waals surface area (Å²) in [6.45, 7) is 8.89. The van der Waals surface area contributed by atoms with Crippen LogP contribution in [0, 0.1) is 5.92 Å². The first kappa shape index (κ1) is 12.1. The van der Waals surface area contributed by atoms with Gasteiger partial charge in [-0.1, -0.05) is 13.8 Å². The predicted octanol–water partition coefficient (Wildman–Crippen LogP) is 1.94. The number of hydrogen-bond donors (Lipinski definition) is 0. The molecule has 0 aromatic rings. The molecule has 0 radical (unpaired) electrons. The van der Waals surface area contributed by atoms with Crippen LogP contribution in [0.5, 0.6) is 0 Å². The minimum absolute atomic E-state index is 0.0748. The van der Waals surface area contributed by atoms with E-state index in [4.69, 9.17) is 4.74 Å². The Bertz CT molecular complexity index is 199. The standard InChI is InChI=1S/C10H18O3/c1-7(2)8(11)6-9(12)13-10(3,4)5/h7H,6H2,1-5H3. The summed E-state index contributed by atoms with van der Waals surface area (Å²) in [4.78, 5) is 22.3. The molecular formula is C10H18O3. The molecule has 0 amide bonds. The van der Waals surface area contributed by atoms with Crippen molar-refractivity contribution in [1.82, 2.24) is 0 Å². The number of esters is 1. The summed E-state index contributed by atoms with van der Waals surface area (Å²) in [5.74, 6) is -0.618. The maximum absolute atomic E-state index is 11.1. The van der Waals surface area contributed by atoms with Gasteiger partial charge in [0.2, 0.25) is 0 Å². The maximum atomic E-state index is 11.1. The normalized spacial score (nSPS) is 11.5. The van der Waals surface area contributed by atoms with E-state index in [9.17, 15) is 9.59 Å². The molecule has 0 N–H and O–H groups in total. The summed E-state index contributed by atoms with van der Waals surface area (Å²) >= 11 is 0. The molecule has 76 valence electrons. The molecule has 0 saturated heterocycles. The van der Waals surface area contributed by atoms with Gasteiger partial charge in [-0.3, -0.25) is 9.59 Å². The molecule has 0 atom stereocenters. The third-order valence-corrected chi connectivity index (χ3v) is 1.38. The van der Waals surface area contributed by atoms with Gasteiger partial charge >= 0.3 is 5.97 Å². The van der Waals surface area contributed by atoms with E-state index < -0.39 is 11.6 Å². The van der Waals surface area contributed by atoms with Crippen molar-refractivity contribution in [3.8, 4) is 0 Å². The van der Waals surface area contributed by atoms with Crippen molar-refractivity contribution >= 4 is 11.8 Å². The Kier molecular flexibility index (Phi) is 4.11. The first-order valence-corrected chi connectivity index (χ1v) is 4.47. The van der Waals surface area contributed by atoms with Gasteiger partial charge in [-0.15, -0.1) is 0 Å². The molecule has 0 spiro atoms. The Morgan fingerprint density at radius 1 is 1.23 bits per heavy atom. The average molecular weight is 186 g/mol. The highest BCUT2D eigenvalue weighted by atomic mass is 16.6. The molecule has 0 aliphatic rings. The SMILES string of the molecule is CC(C)C(=O)CC(=O)OC(C)(C)C. The van der Waals surface area contributed by atoms with Gasteiger partial charge in [-0.2, -0.15) is 0 Å². The van der Waals surface area contributed by atoms with E-state index in [2.05, 4.69) is 0 Å². The molecule has 13 heavy (non-hydrogen) atoms. The zero-order valence-corrected chi connectivity index (χ0v) is 9.01. The van der Waals surface area contributed by atoms with Crippen LogP contribution in [0.1, 0.15) is 41.0 Å². The lowest BCUT2D eigenvalue weighted by molar-refractivity contribution is -0.156. The molecule has 0 heterocycles. The smallest absolute Gasteiger partial charge is 0.313 e. The zero-order valence-electron chi connectivity index (χ0n) is 9.01. The van der Waals surface area contributed by atoms with Crippen molar-refractivity contribution in [2.45, 2.75) is 46.6 Å². The summed E-state index contributed by atoms with van der Waals surface area (Å²) in [6, 6.07) is 0. The Balaban J connectivity index is 3.96. The third kappa shape index (κ3) is 6.31. The molecule has 3 heteroatoms.